The molecule has 82 valence electrons. The molecule has 0 atom stereocenters. The summed E-state index contributed by atoms with van der Waals surface area (Å²) in [6, 6.07) is 3.56. The van der Waals surface area contributed by atoms with Gasteiger partial charge in [0, 0.05) is 0 Å². The van der Waals surface area contributed by atoms with Crippen LogP contribution in [-0.2, 0) is 0 Å². The first-order valence-corrected chi connectivity index (χ1v) is 5.56. The van der Waals surface area contributed by atoms with Gasteiger partial charge in [0.15, 0.2) is 0 Å². The number of ether oxygens (including phenoxy) is 1. The summed E-state index contributed by atoms with van der Waals surface area (Å²) in [6.07, 6.45) is 8.10. The van der Waals surface area contributed by atoms with Crippen LogP contribution < -0.4 is 4.74 Å². The monoisotopic (exact) mass is 225 g/mol. The van der Waals surface area contributed by atoms with E-state index < -0.39 is 0 Å². The zero-order valence-corrected chi connectivity index (χ0v) is 9.54. The Labute approximate surface area is 95.9 Å². The fraction of sp³-hybridized carbons (Fsp3) is 0.417. The van der Waals surface area contributed by atoms with Crippen molar-refractivity contribution in [1.29, 1.82) is 0 Å². The van der Waals surface area contributed by atoms with E-state index in [2.05, 4.69) is 11.6 Å². The predicted molar refractivity (Wildman–Crippen MR) is 63.4 cm³/mol. The standard InChI is InChI=1S/C12H16ClNO/c1-2-3-4-5-6-9-15-11-7-8-12(13)14-10-11/h2,7-8,10H,1,3-6,9H2. The fourth-order valence-corrected chi connectivity index (χ4v) is 1.32. The molecule has 0 aliphatic rings. The summed E-state index contributed by atoms with van der Waals surface area (Å²) in [5.41, 5.74) is 0. The average molecular weight is 226 g/mol. The van der Waals surface area contributed by atoms with E-state index in [-0.39, 0.29) is 0 Å². The Morgan fingerprint density at radius 3 is 2.87 bits per heavy atom. The fourth-order valence-electron chi connectivity index (χ4n) is 1.21. The van der Waals surface area contributed by atoms with Crippen LogP contribution >= 0.6 is 11.6 Å². The molecule has 0 aliphatic carbocycles. The minimum Gasteiger partial charge on any atom is -0.492 e. The van der Waals surface area contributed by atoms with E-state index in [1.165, 1.54) is 12.8 Å². The molecule has 15 heavy (non-hydrogen) atoms. The van der Waals surface area contributed by atoms with Gasteiger partial charge >= 0.3 is 0 Å². The quantitative estimate of drug-likeness (QED) is 0.399. The highest BCUT2D eigenvalue weighted by molar-refractivity contribution is 6.29. The van der Waals surface area contributed by atoms with Crippen LogP contribution in [-0.4, -0.2) is 11.6 Å². The lowest BCUT2D eigenvalue weighted by molar-refractivity contribution is 0.304. The molecule has 0 amide bonds. The predicted octanol–water partition coefficient (Wildman–Crippen LogP) is 3.86. The van der Waals surface area contributed by atoms with Crippen molar-refractivity contribution in [3.05, 3.63) is 36.1 Å². The number of hydrogen-bond donors (Lipinski definition) is 0. The third-order valence-electron chi connectivity index (χ3n) is 2.02. The van der Waals surface area contributed by atoms with Gasteiger partial charge in [0.1, 0.15) is 10.9 Å². The molecule has 1 aromatic rings. The second-order valence-corrected chi connectivity index (χ2v) is 3.69. The summed E-state index contributed by atoms with van der Waals surface area (Å²) in [5, 5.41) is 0.494. The molecule has 1 heterocycles. The highest BCUT2D eigenvalue weighted by Crippen LogP contribution is 2.12. The smallest absolute Gasteiger partial charge is 0.137 e. The molecule has 0 radical (unpaired) electrons. The summed E-state index contributed by atoms with van der Waals surface area (Å²) in [7, 11) is 0. The number of rotatable bonds is 7. The summed E-state index contributed by atoms with van der Waals surface area (Å²) >= 11 is 5.65. The van der Waals surface area contributed by atoms with Gasteiger partial charge in [0.25, 0.3) is 0 Å². The molecule has 0 N–H and O–H groups in total. The molecule has 0 aliphatic heterocycles. The van der Waals surface area contributed by atoms with Crippen molar-refractivity contribution in [2.24, 2.45) is 0 Å². The highest BCUT2D eigenvalue weighted by atomic mass is 35.5. The maximum atomic E-state index is 5.65. The molecule has 1 rings (SSSR count). The Morgan fingerprint density at radius 2 is 2.20 bits per heavy atom. The summed E-state index contributed by atoms with van der Waals surface area (Å²) < 4.78 is 5.49. The lowest BCUT2D eigenvalue weighted by atomic mass is 10.2. The molecule has 0 bridgehead atoms. The number of aromatic nitrogens is 1. The van der Waals surface area contributed by atoms with Gasteiger partial charge < -0.3 is 4.74 Å². The Bertz CT molecular complexity index is 284. The minimum absolute atomic E-state index is 0.494. The SMILES string of the molecule is C=CCCCCCOc1ccc(Cl)nc1. The first-order valence-electron chi connectivity index (χ1n) is 5.18. The third-order valence-corrected chi connectivity index (χ3v) is 2.25. The first-order chi connectivity index (χ1) is 7.33. The molecule has 1 aromatic heterocycles. The molecule has 0 spiro atoms. The van der Waals surface area contributed by atoms with Crippen LogP contribution in [0.15, 0.2) is 31.0 Å². The van der Waals surface area contributed by atoms with Crippen molar-refractivity contribution in [3.8, 4) is 5.75 Å². The largest absolute Gasteiger partial charge is 0.492 e. The first kappa shape index (κ1) is 12.1. The van der Waals surface area contributed by atoms with Crippen molar-refractivity contribution in [2.45, 2.75) is 25.7 Å². The molecule has 0 aromatic carbocycles. The maximum absolute atomic E-state index is 5.65. The van der Waals surface area contributed by atoms with Gasteiger partial charge in [-0.1, -0.05) is 17.7 Å². The number of hydrogen-bond acceptors (Lipinski definition) is 2. The van der Waals surface area contributed by atoms with E-state index in [9.17, 15) is 0 Å². The number of pyridine rings is 1. The van der Waals surface area contributed by atoms with Crippen LogP contribution in [0.25, 0.3) is 0 Å². The van der Waals surface area contributed by atoms with Gasteiger partial charge in [-0.25, -0.2) is 4.98 Å². The number of nitrogens with zero attached hydrogens (tertiary/aromatic N) is 1. The van der Waals surface area contributed by atoms with E-state index >= 15 is 0 Å². The molecule has 0 fully saturated rings. The van der Waals surface area contributed by atoms with E-state index in [0.717, 1.165) is 25.2 Å². The van der Waals surface area contributed by atoms with Gasteiger partial charge in [0.2, 0.25) is 0 Å². The Kier molecular flexibility index (Phi) is 5.86. The maximum Gasteiger partial charge on any atom is 0.137 e. The summed E-state index contributed by atoms with van der Waals surface area (Å²) in [6.45, 7) is 4.42. The van der Waals surface area contributed by atoms with Gasteiger partial charge in [-0.15, -0.1) is 6.58 Å². The highest BCUT2D eigenvalue weighted by Gasteiger charge is 1.94. The van der Waals surface area contributed by atoms with Crippen molar-refractivity contribution in [2.75, 3.05) is 6.61 Å². The molecule has 0 saturated heterocycles. The van der Waals surface area contributed by atoms with Crippen LogP contribution in [0.4, 0.5) is 0 Å². The van der Waals surface area contributed by atoms with Crippen molar-refractivity contribution in [1.82, 2.24) is 4.98 Å². The molecular weight excluding hydrogens is 210 g/mol. The average Bonchev–Trinajstić information content (AvgIpc) is 2.26. The van der Waals surface area contributed by atoms with Crippen LogP contribution in [0.2, 0.25) is 5.15 Å². The molecule has 3 heteroatoms. The number of allylic oxidation sites excluding steroid dienone is 1. The third kappa shape index (κ3) is 5.43. The van der Waals surface area contributed by atoms with Crippen LogP contribution in [0.1, 0.15) is 25.7 Å². The van der Waals surface area contributed by atoms with Gasteiger partial charge in [-0.05, 0) is 37.8 Å². The van der Waals surface area contributed by atoms with Gasteiger partial charge in [0.05, 0.1) is 12.8 Å². The van der Waals surface area contributed by atoms with E-state index in [1.807, 2.05) is 12.1 Å². The van der Waals surface area contributed by atoms with E-state index in [1.54, 1.807) is 12.3 Å². The Hall–Kier alpha value is -1.02. The van der Waals surface area contributed by atoms with Crippen molar-refractivity contribution < 1.29 is 4.74 Å². The Morgan fingerprint density at radius 1 is 1.33 bits per heavy atom. The van der Waals surface area contributed by atoms with Gasteiger partial charge in [-0.3, -0.25) is 0 Å². The zero-order valence-electron chi connectivity index (χ0n) is 8.79. The molecule has 0 unspecified atom stereocenters. The topological polar surface area (TPSA) is 22.1 Å². The second kappa shape index (κ2) is 7.30. The molecule has 0 saturated carbocycles. The normalized spacial score (nSPS) is 9.93. The van der Waals surface area contributed by atoms with Crippen LogP contribution in [0.3, 0.4) is 0 Å². The number of halogens is 1. The minimum atomic E-state index is 0.494. The zero-order chi connectivity index (χ0) is 10.9. The Balaban J connectivity index is 2.09. The lowest BCUT2D eigenvalue weighted by Crippen LogP contribution is -1.97. The van der Waals surface area contributed by atoms with Crippen LogP contribution in [0.5, 0.6) is 5.75 Å². The van der Waals surface area contributed by atoms with Crippen LogP contribution in [0, 0.1) is 0 Å². The van der Waals surface area contributed by atoms with Gasteiger partial charge in [-0.2, -0.15) is 0 Å². The van der Waals surface area contributed by atoms with E-state index in [0.29, 0.717) is 5.15 Å². The van der Waals surface area contributed by atoms with Crippen molar-refractivity contribution in [3.63, 3.8) is 0 Å². The van der Waals surface area contributed by atoms with Crippen molar-refractivity contribution >= 4 is 11.6 Å². The number of unbranched alkanes of at least 4 members (excludes halogenated alkanes) is 3. The molecular formula is C12H16ClNO. The second-order valence-electron chi connectivity index (χ2n) is 3.30. The lowest BCUT2D eigenvalue weighted by Gasteiger charge is -2.04. The van der Waals surface area contributed by atoms with E-state index in [4.69, 9.17) is 16.3 Å². The summed E-state index contributed by atoms with van der Waals surface area (Å²) in [4.78, 5) is 3.93. The molecule has 2 nitrogen and oxygen atoms in total. The summed E-state index contributed by atoms with van der Waals surface area (Å²) in [5.74, 6) is 0.781.